The van der Waals surface area contributed by atoms with Gasteiger partial charge in [0.2, 0.25) is 0 Å². The smallest absolute Gasteiger partial charge is 0.145 e. The second kappa shape index (κ2) is 42.4. The van der Waals surface area contributed by atoms with E-state index in [-0.39, 0.29) is 63.0 Å². The first kappa shape index (κ1) is 78.5. The van der Waals surface area contributed by atoms with E-state index in [0.717, 1.165) is 67.6 Å². The van der Waals surface area contributed by atoms with Gasteiger partial charge in [0.1, 0.15) is 75.5 Å². The highest BCUT2D eigenvalue weighted by atomic mass is 79.9. The van der Waals surface area contributed by atoms with Crippen LogP contribution in [0.1, 0.15) is 77.6 Å². The molecule has 97 heavy (non-hydrogen) atoms. The van der Waals surface area contributed by atoms with Gasteiger partial charge in [0.25, 0.3) is 0 Å². The van der Waals surface area contributed by atoms with Crippen molar-refractivity contribution in [2.45, 2.75) is 61.6 Å². The standard InChI is InChI=1S/C34H36O4.C27H30O3.C25H21O2P.BrH/c1-25(11-7-13-27(3)15-17-29-19-31(35)23-32(36)20-29)9-5-6-10-26(2)12-8-14-28(4)16-18-30-21-33(37)24-34(38)22-30;1-21(9-5-6-10-22(2)12-8-14-24(4)20-28)11-7-13-23(3)15-16-25-17-26(29)19-27(30)18-25;26-21-16-20(17-22(27)18-21)19-28(23-10-4-1-5-11-23,24-12-6-2-7-13-24)25-14-8-3-9-15-25;/h5-24,35-38H,1-4H3;5-20,29-30H,1-4H3;1-18H,19H2,(H-,26,27);1H/b6-5+,11-7+,12-8+,17-15+,18-16+,25-9+,26-10+,27-13+,28-14+;6-5+,11-7+,12-8+,16-15+,21-9+,22-10+,23-13+,24-14+;;. The Hall–Kier alpha value is -10.9. The van der Waals surface area contributed by atoms with Crippen molar-refractivity contribution in [1.82, 2.24) is 0 Å². The number of allylic oxidation sites excluding steroid dienone is 31. The number of aldehydes is 1. The fourth-order valence-electron chi connectivity index (χ4n) is 9.28. The highest BCUT2D eigenvalue weighted by Gasteiger charge is 2.45. The number of rotatable bonds is 24. The molecule has 0 saturated carbocycles. The lowest BCUT2D eigenvalue weighted by atomic mass is 10.1. The second-order valence-corrected chi connectivity index (χ2v) is 26.3. The molecule has 0 fully saturated rings. The van der Waals surface area contributed by atoms with Crippen molar-refractivity contribution in [1.29, 1.82) is 0 Å². The van der Waals surface area contributed by atoms with Crippen molar-refractivity contribution in [3.8, 4) is 46.0 Å². The number of carbonyl (C=O) groups is 1. The molecule has 11 heteroatoms. The first-order valence-electron chi connectivity index (χ1n) is 31.2. The summed E-state index contributed by atoms with van der Waals surface area (Å²) in [4.78, 5) is 10.5. The topological polar surface area (TPSA) is 179 Å². The van der Waals surface area contributed by atoms with Gasteiger partial charge in [0.05, 0.1) is 6.16 Å². The minimum absolute atomic E-state index is 0. The molecule has 498 valence electrons. The fraction of sp³-hybridized carbons (Fsp3) is 0.105. The molecule has 0 aromatic heterocycles. The van der Waals surface area contributed by atoms with Crippen molar-refractivity contribution in [2.75, 3.05) is 0 Å². The van der Waals surface area contributed by atoms with E-state index < -0.39 is 7.26 Å². The Labute approximate surface area is 584 Å². The zero-order chi connectivity index (χ0) is 69.7. The van der Waals surface area contributed by atoms with Crippen LogP contribution in [0, 0.1) is 0 Å². The van der Waals surface area contributed by atoms with Gasteiger partial charge >= 0.3 is 0 Å². The Morgan fingerprint density at radius 1 is 0.289 bits per heavy atom. The molecule has 0 saturated heterocycles. The monoisotopic (exact) mass is 1370 g/mol. The molecule has 0 radical (unpaired) electrons. The van der Waals surface area contributed by atoms with Gasteiger partial charge in [-0.1, -0.05) is 252 Å². The number of halogens is 1. The van der Waals surface area contributed by atoms with E-state index in [0.29, 0.717) is 11.7 Å². The molecule has 0 amide bonds. The van der Waals surface area contributed by atoms with Gasteiger partial charge in [0, 0.05) is 24.3 Å². The van der Waals surface area contributed by atoms with E-state index in [1.165, 1.54) is 40.2 Å². The van der Waals surface area contributed by atoms with Crippen molar-refractivity contribution in [3.63, 3.8) is 0 Å². The lowest BCUT2D eigenvalue weighted by molar-refractivity contribution is -0.104. The van der Waals surface area contributed by atoms with E-state index in [4.69, 9.17) is 0 Å². The summed E-state index contributed by atoms with van der Waals surface area (Å²) in [5.41, 5.74) is 11.4. The third kappa shape index (κ3) is 30.4. The normalized spacial score (nSPS) is 13.4. The molecule has 0 atom stereocenters. The minimum atomic E-state index is -2.04. The minimum Gasteiger partial charge on any atom is -1.00 e. The molecule has 7 aromatic rings. The maximum Gasteiger partial charge on any atom is 0.145 e. The van der Waals surface area contributed by atoms with Crippen LogP contribution in [0.3, 0.4) is 0 Å². The quantitative estimate of drug-likeness (QED) is 0.0127. The van der Waals surface area contributed by atoms with E-state index >= 15 is 0 Å². The number of aromatic hydroxyl groups is 8. The van der Waals surface area contributed by atoms with Crippen LogP contribution >= 0.6 is 7.26 Å². The highest BCUT2D eigenvalue weighted by molar-refractivity contribution is 7.95. The van der Waals surface area contributed by atoms with Crippen LogP contribution in [0.25, 0.3) is 18.2 Å². The molecule has 0 heterocycles. The first-order chi connectivity index (χ1) is 46.1. The van der Waals surface area contributed by atoms with Gasteiger partial charge < -0.3 is 57.8 Å². The summed E-state index contributed by atoms with van der Waals surface area (Å²) < 4.78 is 0. The van der Waals surface area contributed by atoms with Gasteiger partial charge in [-0.2, -0.15) is 0 Å². The third-order valence-electron chi connectivity index (χ3n) is 14.1. The molecular formula is C86H88BrO9P. The average Bonchev–Trinajstić information content (AvgIpc) is 0.753. The van der Waals surface area contributed by atoms with Crippen molar-refractivity contribution >= 4 is 47.7 Å². The molecule has 7 rings (SSSR count). The average molecular weight is 1380 g/mol. The largest absolute Gasteiger partial charge is 1.00 e. The van der Waals surface area contributed by atoms with Crippen LogP contribution < -0.4 is 32.9 Å². The Morgan fingerprint density at radius 3 is 0.753 bits per heavy atom. The lowest BCUT2D eigenvalue weighted by Crippen LogP contribution is -3.00. The summed E-state index contributed by atoms with van der Waals surface area (Å²) in [7, 11) is -2.04. The predicted molar refractivity (Wildman–Crippen MR) is 406 cm³/mol. The van der Waals surface area contributed by atoms with Gasteiger partial charge in [-0.3, -0.25) is 4.79 Å². The molecule has 0 aliphatic rings. The number of phenolic OH excluding ortho intramolecular Hbond substituents is 8. The summed E-state index contributed by atoms with van der Waals surface area (Å²) >= 11 is 0. The van der Waals surface area contributed by atoms with E-state index in [1.807, 2.05) is 219 Å². The number of hydrogen-bond acceptors (Lipinski definition) is 9. The Balaban J connectivity index is 0.000000312. The Bertz CT molecular complexity index is 3970. The van der Waals surface area contributed by atoms with Gasteiger partial charge in [0.15, 0.2) is 0 Å². The van der Waals surface area contributed by atoms with Crippen LogP contribution in [0.5, 0.6) is 46.0 Å². The summed E-state index contributed by atoms with van der Waals surface area (Å²) in [5.74, 6) is 0.381. The molecule has 0 unspecified atom stereocenters. The van der Waals surface area contributed by atoms with Crippen molar-refractivity contribution < 1.29 is 62.6 Å². The van der Waals surface area contributed by atoms with Gasteiger partial charge in [-0.05, 0) is 168 Å². The molecule has 7 aromatic carbocycles. The fourth-order valence-corrected chi connectivity index (χ4v) is 13.5. The van der Waals surface area contributed by atoms with E-state index in [1.54, 1.807) is 61.5 Å². The van der Waals surface area contributed by atoms with E-state index in [2.05, 4.69) is 72.8 Å². The lowest BCUT2D eigenvalue weighted by Gasteiger charge is -2.28. The molecular weight excluding hydrogens is 1290 g/mol. The Morgan fingerprint density at radius 2 is 0.505 bits per heavy atom. The third-order valence-corrected chi connectivity index (χ3v) is 18.5. The maximum atomic E-state index is 10.5. The van der Waals surface area contributed by atoms with Crippen molar-refractivity contribution in [3.05, 3.63) is 370 Å². The first-order valence-corrected chi connectivity index (χ1v) is 33.2. The molecule has 0 aliphatic carbocycles. The predicted octanol–water partition coefficient (Wildman–Crippen LogP) is 17.0. The number of benzene rings is 7. The summed E-state index contributed by atoms with van der Waals surface area (Å²) in [6.45, 7) is 15.8. The Kier molecular flexibility index (Phi) is 34.4. The van der Waals surface area contributed by atoms with Crippen LogP contribution in [0.4, 0.5) is 0 Å². The molecule has 0 bridgehead atoms. The van der Waals surface area contributed by atoms with E-state index in [9.17, 15) is 45.6 Å². The number of phenols is 8. The van der Waals surface area contributed by atoms with Crippen LogP contribution in [0.2, 0.25) is 0 Å². The molecule has 9 nitrogen and oxygen atoms in total. The molecule has 0 spiro atoms. The summed E-state index contributed by atoms with van der Waals surface area (Å²) in [5, 5.41) is 81.1. The summed E-state index contributed by atoms with van der Waals surface area (Å²) in [6, 6.07) is 50.1. The van der Waals surface area contributed by atoms with Gasteiger partial charge in [-0.15, -0.1) is 0 Å². The van der Waals surface area contributed by atoms with Crippen LogP contribution in [0.15, 0.2) is 348 Å². The maximum absolute atomic E-state index is 10.5. The van der Waals surface area contributed by atoms with Crippen LogP contribution in [-0.2, 0) is 11.0 Å². The molecule has 0 aliphatic heterocycles. The highest BCUT2D eigenvalue weighted by Crippen LogP contribution is 2.58. The summed E-state index contributed by atoms with van der Waals surface area (Å²) in [6.07, 6.45) is 52.4. The number of carbonyl (C=O) groups excluding carboxylic acids is 1. The second-order valence-electron chi connectivity index (χ2n) is 22.8. The zero-order valence-electron chi connectivity index (χ0n) is 56.2. The van der Waals surface area contributed by atoms with Crippen molar-refractivity contribution in [2.24, 2.45) is 0 Å². The van der Waals surface area contributed by atoms with Gasteiger partial charge in [-0.25, -0.2) is 0 Å². The van der Waals surface area contributed by atoms with Crippen LogP contribution in [-0.4, -0.2) is 47.1 Å². The SMILES string of the molecule is CC(/C=C/C=C(C)/C=C/c1cc(O)cc(O)c1)=C\C=C\C=C(C)\C=C\C=C(C)\C=C\c1cc(O)cc(O)c1.C\C(C=O)=C/C=C/C(C)=C/C=C/C=C(C)/C=C/C=C(C)/C=C/c1cc(O)cc(O)c1.Oc1cc(O)cc(C[P+](c2ccccc2)(c2ccccc2)c2ccccc2)c1.[Br-]. The molecule has 8 N–H and O–H groups in total. The zero-order valence-corrected chi connectivity index (χ0v) is 58.7. The number of hydrogen-bond donors (Lipinski definition) is 8.